The Morgan fingerprint density at radius 2 is 0.531 bits per heavy atom. The molecule has 0 aliphatic rings. The molecule has 0 N–H and O–H groups in total. The molecule has 2 nitrogen and oxygen atoms in total. The summed E-state index contributed by atoms with van der Waals surface area (Å²) in [6, 6.07) is 43.5. The summed E-state index contributed by atoms with van der Waals surface area (Å²) in [6.07, 6.45) is 0. The molecule has 0 radical (unpaired) electrons. The average Bonchev–Trinajstić information content (AvgIpc) is 3.37. The van der Waals surface area contributed by atoms with Gasteiger partial charge in [0.1, 0.15) is 0 Å². The minimum atomic E-state index is 1.18. The molecule has 32 heavy (non-hydrogen) atoms. The molecule has 0 fully saturated rings. The van der Waals surface area contributed by atoms with E-state index in [0.29, 0.717) is 0 Å². The number of benzene rings is 5. The lowest BCUT2D eigenvalue weighted by Crippen LogP contribution is -2.03. The van der Waals surface area contributed by atoms with E-state index >= 15 is 0 Å². The van der Waals surface area contributed by atoms with Crippen LogP contribution in [0.3, 0.4) is 0 Å². The molecule has 0 unspecified atom stereocenters. The second-order valence-corrected chi connectivity index (χ2v) is 8.23. The van der Waals surface area contributed by atoms with Crippen molar-refractivity contribution in [2.45, 2.75) is 0 Å². The zero-order valence-corrected chi connectivity index (χ0v) is 17.4. The maximum atomic E-state index is 2.41. The predicted molar refractivity (Wildman–Crippen MR) is 135 cm³/mol. The number of hydrogen-bond acceptors (Lipinski definition) is 0. The minimum Gasteiger partial charge on any atom is -0.307 e. The molecule has 0 aliphatic carbocycles. The van der Waals surface area contributed by atoms with Gasteiger partial charge in [-0.2, -0.15) is 0 Å². The molecule has 150 valence electrons. The molecule has 0 spiro atoms. The van der Waals surface area contributed by atoms with Gasteiger partial charge in [0.25, 0.3) is 0 Å². The highest BCUT2D eigenvalue weighted by atomic mass is 15.1. The van der Waals surface area contributed by atoms with Crippen molar-refractivity contribution in [2.24, 2.45) is 0 Å². The van der Waals surface area contributed by atoms with Crippen LogP contribution in [-0.4, -0.2) is 9.13 Å². The van der Waals surface area contributed by atoms with Crippen LogP contribution in [0.15, 0.2) is 121 Å². The first kappa shape index (κ1) is 17.4. The number of fused-ring (bicyclic) bond motifs is 6. The number of nitrogens with zero attached hydrogens (tertiary/aromatic N) is 2. The minimum absolute atomic E-state index is 1.18. The summed E-state index contributed by atoms with van der Waals surface area (Å²) in [5.41, 5.74) is 7.25. The molecular weight excluding hydrogens is 388 g/mol. The summed E-state index contributed by atoms with van der Waals surface area (Å²) < 4.78 is 4.81. The zero-order valence-electron chi connectivity index (χ0n) is 17.4. The van der Waals surface area contributed by atoms with Gasteiger partial charge in [0.05, 0.1) is 33.4 Å². The molecule has 0 atom stereocenters. The number of hydrogen-bond donors (Lipinski definition) is 0. The summed E-state index contributed by atoms with van der Waals surface area (Å²) in [6.45, 7) is 0. The predicted octanol–water partition coefficient (Wildman–Crippen LogP) is 7.88. The third kappa shape index (κ3) is 2.29. The van der Waals surface area contributed by atoms with Crippen molar-refractivity contribution in [1.29, 1.82) is 0 Å². The molecule has 2 heterocycles. The summed E-state index contributed by atoms with van der Waals surface area (Å²) in [5, 5.41) is 5.11. The van der Waals surface area contributed by atoms with Crippen LogP contribution in [0.5, 0.6) is 0 Å². The van der Waals surface area contributed by atoms with Gasteiger partial charge < -0.3 is 9.13 Å². The monoisotopic (exact) mass is 408 g/mol. The maximum Gasteiger partial charge on any atom is 0.0702 e. The van der Waals surface area contributed by atoms with E-state index in [9.17, 15) is 0 Å². The van der Waals surface area contributed by atoms with Crippen molar-refractivity contribution < 1.29 is 0 Å². The number of rotatable bonds is 2. The Bertz CT molecular complexity index is 1540. The van der Waals surface area contributed by atoms with Crippen LogP contribution >= 0.6 is 0 Å². The highest BCUT2D eigenvalue weighted by Crippen LogP contribution is 2.37. The fraction of sp³-hybridized carbons (Fsp3) is 0. The molecule has 7 aromatic rings. The second kappa shape index (κ2) is 6.60. The summed E-state index contributed by atoms with van der Waals surface area (Å²) in [5.74, 6) is 0. The van der Waals surface area contributed by atoms with Gasteiger partial charge in [-0.25, -0.2) is 0 Å². The van der Waals surface area contributed by atoms with Gasteiger partial charge in [0.2, 0.25) is 0 Å². The van der Waals surface area contributed by atoms with Crippen molar-refractivity contribution in [3.8, 4) is 11.4 Å². The van der Waals surface area contributed by atoms with E-state index in [2.05, 4.69) is 130 Å². The largest absolute Gasteiger partial charge is 0.307 e. The highest BCUT2D eigenvalue weighted by molar-refractivity contribution is 6.11. The molecule has 2 aromatic heterocycles. The molecular formula is C30H20N2. The first-order valence-corrected chi connectivity index (χ1v) is 11.0. The molecule has 0 saturated heterocycles. The van der Waals surface area contributed by atoms with Gasteiger partial charge in [-0.1, -0.05) is 84.9 Å². The zero-order chi connectivity index (χ0) is 21.1. The van der Waals surface area contributed by atoms with E-state index in [1.807, 2.05) is 0 Å². The Labute approximate surface area is 185 Å². The van der Waals surface area contributed by atoms with Gasteiger partial charge in [0.15, 0.2) is 0 Å². The van der Waals surface area contributed by atoms with Crippen LogP contribution in [0.25, 0.3) is 55.0 Å². The summed E-state index contributed by atoms with van der Waals surface area (Å²) >= 11 is 0. The topological polar surface area (TPSA) is 9.86 Å². The second-order valence-electron chi connectivity index (χ2n) is 8.23. The lowest BCUT2D eigenvalue weighted by atomic mass is 10.2. The van der Waals surface area contributed by atoms with E-state index in [1.54, 1.807) is 0 Å². The van der Waals surface area contributed by atoms with Crippen LogP contribution in [0.2, 0.25) is 0 Å². The molecule has 7 rings (SSSR count). The first-order chi connectivity index (χ1) is 15.9. The Balaban J connectivity index is 1.66. The van der Waals surface area contributed by atoms with E-state index in [4.69, 9.17) is 0 Å². The van der Waals surface area contributed by atoms with Gasteiger partial charge in [-0.05, 0) is 36.4 Å². The molecule has 0 bridgehead atoms. The molecule has 0 saturated carbocycles. The Morgan fingerprint density at radius 1 is 0.281 bits per heavy atom. The lowest BCUT2D eigenvalue weighted by molar-refractivity contribution is 1.10. The summed E-state index contributed by atoms with van der Waals surface area (Å²) in [7, 11) is 0. The van der Waals surface area contributed by atoms with E-state index in [0.717, 1.165) is 0 Å². The van der Waals surface area contributed by atoms with Gasteiger partial charge in [-0.15, -0.1) is 0 Å². The fourth-order valence-electron chi connectivity index (χ4n) is 5.21. The van der Waals surface area contributed by atoms with Crippen molar-refractivity contribution >= 4 is 43.6 Å². The van der Waals surface area contributed by atoms with Crippen molar-refractivity contribution in [1.82, 2.24) is 9.13 Å². The van der Waals surface area contributed by atoms with Crippen LogP contribution in [0, 0.1) is 0 Å². The smallest absolute Gasteiger partial charge is 0.0702 e. The fourth-order valence-corrected chi connectivity index (χ4v) is 5.21. The molecule has 5 aromatic carbocycles. The van der Waals surface area contributed by atoms with Crippen molar-refractivity contribution in [2.75, 3.05) is 0 Å². The molecule has 2 heteroatoms. The van der Waals surface area contributed by atoms with Crippen LogP contribution in [0.1, 0.15) is 0 Å². The lowest BCUT2D eigenvalue weighted by Gasteiger charge is -2.16. The quantitative estimate of drug-likeness (QED) is 0.275. The average molecular weight is 409 g/mol. The van der Waals surface area contributed by atoms with E-state index in [-0.39, 0.29) is 0 Å². The third-order valence-corrected chi connectivity index (χ3v) is 6.52. The molecule has 0 amide bonds. The SMILES string of the molecule is c1ccc(-n2c3ccccc3c3ccccc32)c(-n2c3ccccc3c3ccccc32)c1. The van der Waals surface area contributed by atoms with Crippen molar-refractivity contribution in [3.05, 3.63) is 121 Å². The number of para-hydroxylation sites is 6. The Hall–Kier alpha value is -4.30. The van der Waals surface area contributed by atoms with Crippen LogP contribution in [0.4, 0.5) is 0 Å². The van der Waals surface area contributed by atoms with Gasteiger partial charge >= 0.3 is 0 Å². The van der Waals surface area contributed by atoms with E-state index in [1.165, 1.54) is 55.0 Å². The van der Waals surface area contributed by atoms with Crippen LogP contribution in [-0.2, 0) is 0 Å². The third-order valence-electron chi connectivity index (χ3n) is 6.52. The highest BCUT2D eigenvalue weighted by Gasteiger charge is 2.18. The first-order valence-electron chi connectivity index (χ1n) is 11.0. The Kier molecular flexibility index (Phi) is 3.58. The van der Waals surface area contributed by atoms with Crippen molar-refractivity contribution in [3.63, 3.8) is 0 Å². The van der Waals surface area contributed by atoms with E-state index < -0.39 is 0 Å². The summed E-state index contributed by atoms with van der Waals surface area (Å²) in [4.78, 5) is 0. The molecule has 0 aliphatic heterocycles. The maximum absolute atomic E-state index is 2.41. The van der Waals surface area contributed by atoms with Gasteiger partial charge in [0, 0.05) is 21.5 Å². The number of aromatic nitrogens is 2. The standard InChI is InChI=1S/C30H20N2/c1-5-15-25-21(11-1)22-12-2-6-16-26(22)31(25)29-19-9-10-20-30(29)32-27-17-7-3-13-23(27)24-14-4-8-18-28(24)32/h1-20H. The van der Waals surface area contributed by atoms with Gasteiger partial charge in [-0.3, -0.25) is 0 Å². The van der Waals surface area contributed by atoms with Crippen LogP contribution < -0.4 is 0 Å². The Morgan fingerprint density at radius 3 is 0.844 bits per heavy atom. The normalized spacial score (nSPS) is 11.8.